The molecule has 0 heterocycles. The molecule has 0 saturated heterocycles. The van der Waals surface area contributed by atoms with Crippen LogP contribution in [0.4, 0.5) is 0 Å². The maximum atomic E-state index is 10.1. The van der Waals surface area contributed by atoms with E-state index in [9.17, 15) is 4.79 Å². The Morgan fingerprint density at radius 2 is 2.23 bits per heavy atom. The molecule has 0 aromatic carbocycles. The van der Waals surface area contributed by atoms with Crippen LogP contribution < -0.4 is 11.5 Å². The van der Waals surface area contributed by atoms with Gasteiger partial charge in [-0.2, -0.15) is 0 Å². The fourth-order valence-electron chi connectivity index (χ4n) is 0.705. The fraction of sp³-hybridized carbons (Fsp3) is 0.714. The number of hydrogen-bond donors (Lipinski definition) is 3. The standard InChI is InChI=1S/C7H15N3O3/c1-5(10-7(8)9)4-13-3-2-6(11)12/h5H,2-4H2,1H3,(H,11,12)(H4,8,9,10). The highest BCUT2D eigenvalue weighted by Gasteiger charge is 2.01. The Kier molecular flexibility index (Phi) is 5.62. The van der Waals surface area contributed by atoms with Gasteiger partial charge < -0.3 is 21.3 Å². The molecule has 0 aromatic rings. The molecule has 0 amide bonds. The molecule has 0 aliphatic rings. The van der Waals surface area contributed by atoms with Crippen LogP contribution in [0.5, 0.6) is 0 Å². The van der Waals surface area contributed by atoms with E-state index in [1.54, 1.807) is 6.92 Å². The average Bonchev–Trinajstić information content (AvgIpc) is 1.96. The molecule has 0 radical (unpaired) electrons. The maximum absolute atomic E-state index is 10.1. The highest BCUT2D eigenvalue weighted by molar-refractivity contribution is 5.75. The Morgan fingerprint density at radius 3 is 2.69 bits per heavy atom. The molecule has 13 heavy (non-hydrogen) atoms. The number of aliphatic imine (C=N–C) groups is 1. The monoisotopic (exact) mass is 189 g/mol. The topological polar surface area (TPSA) is 111 Å². The number of carboxylic acid groups (broad SMARTS) is 1. The van der Waals surface area contributed by atoms with E-state index in [0.717, 1.165) is 0 Å². The van der Waals surface area contributed by atoms with Gasteiger partial charge in [0.25, 0.3) is 0 Å². The van der Waals surface area contributed by atoms with Gasteiger partial charge in [0.2, 0.25) is 0 Å². The Hall–Kier alpha value is -1.30. The first-order chi connectivity index (χ1) is 6.02. The summed E-state index contributed by atoms with van der Waals surface area (Å²) in [5, 5.41) is 8.28. The first-order valence-electron chi connectivity index (χ1n) is 3.90. The smallest absolute Gasteiger partial charge is 0.305 e. The second kappa shape index (κ2) is 6.24. The molecule has 1 unspecified atom stereocenters. The summed E-state index contributed by atoms with van der Waals surface area (Å²) in [5.74, 6) is -0.871. The van der Waals surface area contributed by atoms with Crippen LogP contribution in [-0.2, 0) is 9.53 Å². The van der Waals surface area contributed by atoms with E-state index in [0.29, 0.717) is 6.61 Å². The molecule has 0 aromatic heterocycles. The highest BCUT2D eigenvalue weighted by Crippen LogP contribution is 1.91. The van der Waals surface area contributed by atoms with Crippen molar-refractivity contribution in [3.63, 3.8) is 0 Å². The van der Waals surface area contributed by atoms with E-state index < -0.39 is 5.97 Å². The van der Waals surface area contributed by atoms with Crippen molar-refractivity contribution in [2.24, 2.45) is 16.5 Å². The van der Waals surface area contributed by atoms with Crippen molar-refractivity contribution < 1.29 is 14.6 Å². The van der Waals surface area contributed by atoms with Crippen molar-refractivity contribution in [3.05, 3.63) is 0 Å². The number of carbonyl (C=O) groups is 1. The average molecular weight is 189 g/mol. The van der Waals surface area contributed by atoms with E-state index in [1.807, 2.05) is 0 Å². The van der Waals surface area contributed by atoms with E-state index in [1.165, 1.54) is 0 Å². The molecule has 0 aliphatic heterocycles. The number of ether oxygens (including phenoxy) is 1. The summed E-state index contributed by atoms with van der Waals surface area (Å²) in [5.41, 5.74) is 10.2. The minimum atomic E-state index is -0.880. The lowest BCUT2D eigenvalue weighted by Gasteiger charge is -2.06. The van der Waals surface area contributed by atoms with Crippen LogP contribution in [0.1, 0.15) is 13.3 Å². The third-order valence-corrected chi connectivity index (χ3v) is 1.19. The SMILES string of the molecule is CC(COCCC(=O)O)N=C(N)N. The van der Waals surface area contributed by atoms with E-state index in [-0.39, 0.29) is 25.0 Å². The second-order valence-electron chi connectivity index (χ2n) is 2.62. The lowest BCUT2D eigenvalue weighted by atomic mass is 10.4. The molecule has 6 nitrogen and oxygen atoms in total. The predicted octanol–water partition coefficient (Wildman–Crippen LogP) is -0.860. The first-order valence-corrected chi connectivity index (χ1v) is 3.90. The summed E-state index contributed by atoms with van der Waals surface area (Å²) in [6.45, 7) is 2.28. The van der Waals surface area contributed by atoms with Crippen LogP contribution in [-0.4, -0.2) is 36.3 Å². The van der Waals surface area contributed by atoms with Gasteiger partial charge in [0.05, 0.1) is 25.7 Å². The number of nitrogens with two attached hydrogens (primary N) is 2. The number of carboxylic acids is 1. The molecule has 0 rings (SSSR count). The van der Waals surface area contributed by atoms with Crippen molar-refractivity contribution in [3.8, 4) is 0 Å². The van der Waals surface area contributed by atoms with Crippen LogP contribution >= 0.6 is 0 Å². The second-order valence-corrected chi connectivity index (χ2v) is 2.62. The summed E-state index contributed by atoms with van der Waals surface area (Å²) >= 11 is 0. The van der Waals surface area contributed by atoms with Crippen molar-refractivity contribution in [2.45, 2.75) is 19.4 Å². The zero-order valence-corrected chi connectivity index (χ0v) is 7.56. The van der Waals surface area contributed by atoms with E-state index in [4.69, 9.17) is 21.3 Å². The quantitative estimate of drug-likeness (QED) is 0.286. The molecule has 0 aliphatic carbocycles. The first kappa shape index (κ1) is 11.7. The van der Waals surface area contributed by atoms with Gasteiger partial charge in [0.15, 0.2) is 5.96 Å². The molecule has 0 saturated carbocycles. The molecule has 0 bridgehead atoms. The maximum Gasteiger partial charge on any atom is 0.305 e. The Morgan fingerprint density at radius 1 is 1.62 bits per heavy atom. The minimum Gasteiger partial charge on any atom is -0.481 e. The van der Waals surface area contributed by atoms with Gasteiger partial charge in [-0.1, -0.05) is 0 Å². The number of rotatable bonds is 6. The van der Waals surface area contributed by atoms with Crippen LogP contribution in [0.2, 0.25) is 0 Å². The van der Waals surface area contributed by atoms with Gasteiger partial charge in [-0.25, -0.2) is 4.99 Å². The number of aliphatic carboxylic acids is 1. The molecular formula is C7H15N3O3. The van der Waals surface area contributed by atoms with Crippen LogP contribution in [0.15, 0.2) is 4.99 Å². The van der Waals surface area contributed by atoms with E-state index in [2.05, 4.69) is 4.99 Å². The third kappa shape index (κ3) is 8.61. The zero-order valence-electron chi connectivity index (χ0n) is 7.56. The van der Waals surface area contributed by atoms with Gasteiger partial charge >= 0.3 is 5.97 Å². The Balaban J connectivity index is 3.43. The normalized spacial score (nSPS) is 12.1. The number of hydrogen-bond acceptors (Lipinski definition) is 3. The van der Waals surface area contributed by atoms with Gasteiger partial charge in [0, 0.05) is 0 Å². The summed E-state index contributed by atoms with van der Waals surface area (Å²) < 4.78 is 5.01. The third-order valence-electron chi connectivity index (χ3n) is 1.19. The van der Waals surface area contributed by atoms with Gasteiger partial charge in [-0.05, 0) is 6.92 Å². The molecule has 0 spiro atoms. The van der Waals surface area contributed by atoms with Crippen molar-refractivity contribution in [1.29, 1.82) is 0 Å². The molecular weight excluding hydrogens is 174 g/mol. The van der Waals surface area contributed by atoms with Gasteiger partial charge in [-0.15, -0.1) is 0 Å². The van der Waals surface area contributed by atoms with Crippen molar-refractivity contribution in [2.75, 3.05) is 13.2 Å². The highest BCUT2D eigenvalue weighted by atomic mass is 16.5. The largest absolute Gasteiger partial charge is 0.481 e. The van der Waals surface area contributed by atoms with Gasteiger partial charge in [0.1, 0.15) is 0 Å². The molecule has 76 valence electrons. The summed E-state index contributed by atoms with van der Waals surface area (Å²) in [6, 6.07) is -0.140. The van der Waals surface area contributed by atoms with Gasteiger partial charge in [-0.3, -0.25) is 4.79 Å². The van der Waals surface area contributed by atoms with Crippen molar-refractivity contribution in [1.82, 2.24) is 0 Å². The van der Waals surface area contributed by atoms with Crippen molar-refractivity contribution >= 4 is 11.9 Å². The zero-order chi connectivity index (χ0) is 10.3. The van der Waals surface area contributed by atoms with E-state index >= 15 is 0 Å². The minimum absolute atomic E-state index is 0.00542. The summed E-state index contributed by atoms with van der Waals surface area (Å²) in [6.07, 6.45) is -0.00542. The Labute approximate surface area is 76.6 Å². The summed E-state index contributed by atoms with van der Waals surface area (Å²) in [4.78, 5) is 13.9. The van der Waals surface area contributed by atoms with Crippen LogP contribution in [0.25, 0.3) is 0 Å². The van der Waals surface area contributed by atoms with Crippen LogP contribution in [0, 0.1) is 0 Å². The lowest BCUT2D eigenvalue weighted by molar-refractivity contribution is -0.138. The molecule has 0 fully saturated rings. The number of nitrogens with zero attached hydrogens (tertiary/aromatic N) is 1. The Bertz CT molecular complexity index is 189. The predicted molar refractivity (Wildman–Crippen MR) is 48.3 cm³/mol. The molecule has 1 atom stereocenters. The van der Waals surface area contributed by atoms with Crippen LogP contribution in [0.3, 0.4) is 0 Å². The molecule has 6 heteroatoms. The number of guanidine groups is 1. The fourth-order valence-corrected chi connectivity index (χ4v) is 0.705. The molecule has 5 N–H and O–H groups in total. The lowest BCUT2D eigenvalue weighted by Crippen LogP contribution is -2.26. The summed E-state index contributed by atoms with van der Waals surface area (Å²) in [7, 11) is 0.